The van der Waals surface area contributed by atoms with Gasteiger partial charge in [0.15, 0.2) is 0 Å². The van der Waals surface area contributed by atoms with Gasteiger partial charge in [-0.2, -0.15) is 0 Å². The Labute approximate surface area is 108 Å². The van der Waals surface area contributed by atoms with E-state index in [0.717, 1.165) is 5.56 Å². The number of benzene rings is 1. The van der Waals surface area contributed by atoms with E-state index in [1.165, 1.54) is 6.20 Å². The van der Waals surface area contributed by atoms with Gasteiger partial charge in [0.25, 0.3) is 5.56 Å². The first-order chi connectivity index (χ1) is 9.15. The van der Waals surface area contributed by atoms with Crippen LogP contribution in [0.1, 0.15) is 11.1 Å². The molecule has 1 heterocycles. The standard InChI is InChI=1S/C13H12N2O4/c16-11(19-8-9-4-2-1-3-5-9)6-10-7-14-13(18)15-12(10)17/h1-5,7H,6,8H2,(H2,14,15,17,18). The summed E-state index contributed by atoms with van der Waals surface area (Å²) in [6, 6.07) is 9.22. The van der Waals surface area contributed by atoms with Crippen molar-refractivity contribution in [1.29, 1.82) is 0 Å². The van der Waals surface area contributed by atoms with E-state index in [2.05, 4.69) is 4.98 Å². The van der Waals surface area contributed by atoms with Crippen LogP contribution in [0, 0.1) is 0 Å². The molecule has 0 amide bonds. The van der Waals surface area contributed by atoms with Crippen LogP contribution in [0.15, 0.2) is 46.1 Å². The van der Waals surface area contributed by atoms with Crippen molar-refractivity contribution in [3.8, 4) is 0 Å². The minimum Gasteiger partial charge on any atom is -0.461 e. The summed E-state index contributed by atoms with van der Waals surface area (Å²) in [5.74, 6) is -0.526. The van der Waals surface area contributed by atoms with Crippen LogP contribution in [0.5, 0.6) is 0 Å². The summed E-state index contributed by atoms with van der Waals surface area (Å²) in [4.78, 5) is 38.1. The van der Waals surface area contributed by atoms with Gasteiger partial charge in [-0.3, -0.25) is 14.6 Å². The zero-order chi connectivity index (χ0) is 13.7. The highest BCUT2D eigenvalue weighted by Gasteiger charge is 2.08. The predicted molar refractivity (Wildman–Crippen MR) is 67.6 cm³/mol. The van der Waals surface area contributed by atoms with Crippen molar-refractivity contribution < 1.29 is 9.53 Å². The topological polar surface area (TPSA) is 92.0 Å². The summed E-state index contributed by atoms with van der Waals surface area (Å²) < 4.78 is 5.03. The highest BCUT2D eigenvalue weighted by atomic mass is 16.5. The molecule has 2 N–H and O–H groups in total. The molecule has 19 heavy (non-hydrogen) atoms. The number of carbonyl (C=O) groups excluding carboxylic acids is 1. The van der Waals surface area contributed by atoms with Crippen molar-refractivity contribution >= 4 is 5.97 Å². The molecule has 1 aromatic heterocycles. The molecule has 0 aliphatic heterocycles. The summed E-state index contributed by atoms with van der Waals surface area (Å²) in [5, 5.41) is 0. The summed E-state index contributed by atoms with van der Waals surface area (Å²) in [6.07, 6.45) is 1.03. The van der Waals surface area contributed by atoms with Crippen LogP contribution in [0.2, 0.25) is 0 Å². The van der Waals surface area contributed by atoms with E-state index in [1.54, 1.807) is 0 Å². The second-order valence-electron chi connectivity index (χ2n) is 3.92. The normalized spacial score (nSPS) is 10.1. The third kappa shape index (κ3) is 3.67. The molecule has 6 heteroatoms. The van der Waals surface area contributed by atoms with Gasteiger partial charge in [0.1, 0.15) is 6.61 Å². The molecule has 0 saturated carbocycles. The quantitative estimate of drug-likeness (QED) is 0.776. The van der Waals surface area contributed by atoms with Crippen LogP contribution >= 0.6 is 0 Å². The van der Waals surface area contributed by atoms with Crippen molar-refractivity contribution in [3.05, 3.63) is 68.5 Å². The molecule has 0 bridgehead atoms. The van der Waals surface area contributed by atoms with Crippen molar-refractivity contribution in [2.24, 2.45) is 0 Å². The van der Waals surface area contributed by atoms with Crippen LogP contribution in [0.25, 0.3) is 0 Å². The second-order valence-corrected chi connectivity index (χ2v) is 3.92. The Morgan fingerprint density at radius 3 is 2.58 bits per heavy atom. The Morgan fingerprint density at radius 2 is 1.89 bits per heavy atom. The molecule has 0 saturated heterocycles. The highest BCUT2D eigenvalue weighted by Crippen LogP contribution is 2.01. The van der Waals surface area contributed by atoms with E-state index in [1.807, 2.05) is 35.3 Å². The van der Waals surface area contributed by atoms with Crippen LogP contribution in [0.3, 0.4) is 0 Å². The maximum Gasteiger partial charge on any atom is 0.325 e. The molecule has 0 spiro atoms. The minimum atomic E-state index is -0.605. The number of hydrogen-bond donors (Lipinski definition) is 2. The number of carbonyl (C=O) groups is 1. The van der Waals surface area contributed by atoms with Gasteiger partial charge >= 0.3 is 11.7 Å². The maximum absolute atomic E-state index is 11.6. The molecule has 0 aliphatic carbocycles. The van der Waals surface area contributed by atoms with Gasteiger partial charge in [-0.15, -0.1) is 0 Å². The summed E-state index contributed by atoms with van der Waals surface area (Å²) in [6.45, 7) is 0.154. The first-order valence-corrected chi connectivity index (χ1v) is 5.65. The summed E-state index contributed by atoms with van der Waals surface area (Å²) in [5.41, 5.74) is -0.157. The van der Waals surface area contributed by atoms with Crippen LogP contribution in [-0.4, -0.2) is 15.9 Å². The van der Waals surface area contributed by atoms with Crippen molar-refractivity contribution in [2.75, 3.05) is 0 Å². The number of ether oxygens (including phenoxy) is 1. The molecule has 0 aliphatic rings. The Hall–Kier alpha value is -2.63. The number of hydrogen-bond acceptors (Lipinski definition) is 4. The number of rotatable bonds is 4. The van der Waals surface area contributed by atoms with E-state index in [0.29, 0.717) is 0 Å². The van der Waals surface area contributed by atoms with E-state index in [4.69, 9.17) is 4.74 Å². The van der Waals surface area contributed by atoms with Gasteiger partial charge in [-0.05, 0) is 5.56 Å². The van der Waals surface area contributed by atoms with Gasteiger partial charge in [0, 0.05) is 11.8 Å². The lowest BCUT2D eigenvalue weighted by Gasteiger charge is -2.04. The molecule has 6 nitrogen and oxygen atoms in total. The first kappa shape index (κ1) is 12.8. The fraction of sp³-hybridized carbons (Fsp3) is 0.154. The Balaban J connectivity index is 1.95. The van der Waals surface area contributed by atoms with Crippen LogP contribution in [-0.2, 0) is 22.6 Å². The lowest BCUT2D eigenvalue weighted by molar-refractivity contribution is -0.144. The molecule has 0 radical (unpaired) electrons. The van der Waals surface area contributed by atoms with Gasteiger partial charge in [-0.1, -0.05) is 30.3 Å². The first-order valence-electron chi connectivity index (χ1n) is 5.65. The average molecular weight is 260 g/mol. The van der Waals surface area contributed by atoms with Crippen LogP contribution in [0.4, 0.5) is 0 Å². The van der Waals surface area contributed by atoms with Crippen LogP contribution < -0.4 is 11.2 Å². The fourth-order valence-electron chi connectivity index (χ4n) is 1.51. The molecule has 1 aromatic carbocycles. The van der Waals surface area contributed by atoms with E-state index >= 15 is 0 Å². The fourth-order valence-corrected chi connectivity index (χ4v) is 1.51. The summed E-state index contributed by atoms with van der Waals surface area (Å²) >= 11 is 0. The zero-order valence-electron chi connectivity index (χ0n) is 10.0. The van der Waals surface area contributed by atoms with E-state index < -0.39 is 17.2 Å². The molecule has 2 rings (SSSR count). The zero-order valence-corrected chi connectivity index (χ0v) is 10.0. The highest BCUT2D eigenvalue weighted by molar-refractivity contribution is 5.72. The van der Waals surface area contributed by atoms with Crippen molar-refractivity contribution in [3.63, 3.8) is 0 Å². The van der Waals surface area contributed by atoms with Gasteiger partial charge in [-0.25, -0.2) is 4.79 Å². The third-order valence-corrected chi connectivity index (χ3v) is 2.47. The minimum absolute atomic E-state index is 0.154. The molecular formula is C13H12N2O4. The van der Waals surface area contributed by atoms with Crippen molar-refractivity contribution in [1.82, 2.24) is 9.97 Å². The number of aromatic nitrogens is 2. The molecule has 98 valence electrons. The van der Waals surface area contributed by atoms with Gasteiger partial charge < -0.3 is 9.72 Å². The average Bonchev–Trinajstić information content (AvgIpc) is 2.41. The second kappa shape index (κ2) is 5.81. The number of aromatic amines is 2. The van der Waals surface area contributed by atoms with E-state index in [9.17, 15) is 14.4 Å². The van der Waals surface area contributed by atoms with E-state index in [-0.39, 0.29) is 18.6 Å². The predicted octanol–water partition coefficient (Wildman–Crippen LogP) is 0.349. The largest absolute Gasteiger partial charge is 0.461 e. The number of esters is 1. The molecular weight excluding hydrogens is 248 g/mol. The Kier molecular flexibility index (Phi) is 3.92. The molecule has 0 unspecified atom stereocenters. The SMILES string of the molecule is O=C(Cc1c[nH]c(=O)[nH]c1=O)OCc1ccccc1. The smallest absolute Gasteiger partial charge is 0.325 e. The number of H-pyrrole nitrogens is 2. The lowest BCUT2D eigenvalue weighted by atomic mass is 10.2. The van der Waals surface area contributed by atoms with Gasteiger partial charge in [0.05, 0.1) is 6.42 Å². The number of nitrogens with one attached hydrogen (secondary N) is 2. The Bertz CT molecular complexity index is 673. The lowest BCUT2D eigenvalue weighted by Crippen LogP contribution is -2.26. The Morgan fingerprint density at radius 1 is 1.16 bits per heavy atom. The summed E-state index contributed by atoms with van der Waals surface area (Å²) in [7, 11) is 0. The van der Waals surface area contributed by atoms with Crippen molar-refractivity contribution in [2.45, 2.75) is 13.0 Å². The molecule has 2 aromatic rings. The maximum atomic E-state index is 11.6. The molecule has 0 atom stereocenters. The molecule has 0 fully saturated rings. The monoisotopic (exact) mass is 260 g/mol. The van der Waals surface area contributed by atoms with Gasteiger partial charge in [0.2, 0.25) is 0 Å². The third-order valence-electron chi connectivity index (χ3n) is 2.47.